The fourth-order valence-electron chi connectivity index (χ4n) is 7.16. The quantitative estimate of drug-likeness (QED) is 0.110. The Hall–Kier alpha value is -6.99. The molecule has 0 amide bonds. The van der Waals surface area contributed by atoms with Gasteiger partial charge < -0.3 is 4.98 Å². The van der Waals surface area contributed by atoms with E-state index in [0.717, 1.165) is 48.6 Å². The van der Waals surface area contributed by atoms with E-state index in [1.54, 1.807) is 0 Å². The monoisotopic (exact) mass is 822 g/mol. The summed E-state index contributed by atoms with van der Waals surface area (Å²) in [7, 11) is 0. The topological polar surface area (TPSA) is 54.6 Å². The fourth-order valence-corrected chi connectivity index (χ4v) is 7.16. The predicted molar refractivity (Wildman–Crippen MR) is 175 cm³/mol. The lowest BCUT2D eigenvalue weighted by molar-refractivity contribution is 0.381. The first-order valence-corrected chi connectivity index (χ1v) is 16.0. The van der Waals surface area contributed by atoms with E-state index in [-0.39, 0.29) is 11.0 Å². The van der Waals surface area contributed by atoms with Crippen LogP contribution >= 0.6 is 0 Å². The maximum absolute atomic E-state index is 15.8. The van der Waals surface area contributed by atoms with E-state index in [4.69, 9.17) is 0 Å². The van der Waals surface area contributed by atoms with Crippen LogP contribution in [-0.2, 0) is 0 Å². The third-order valence-corrected chi connectivity index (χ3v) is 9.68. The van der Waals surface area contributed by atoms with Crippen LogP contribution in [0.5, 0.6) is 0 Å². The first-order valence-electron chi connectivity index (χ1n) is 16.0. The number of aromatic nitrogens is 4. The normalized spacial score (nSPS) is 12.4. The van der Waals surface area contributed by atoms with Gasteiger partial charge in [0.2, 0.25) is 17.5 Å². The van der Waals surface area contributed by atoms with Crippen LogP contribution in [0.3, 0.4) is 0 Å². The number of rotatable bonds is 3. The van der Waals surface area contributed by atoms with Crippen LogP contribution in [0.15, 0.2) is 41.2 Å². The van der Waals surface area contributed by atoms with Crippen molar-refractivity contribution >= 4 is 45.3 Å². The van der Waals surface area contributed by atoms with Gasteiger partial charge in [0.05, 0.1) is 55.7 Å². The van der Waals surface area contributed by atoms with Crippen molar-refractivity contribution in [1.82, 2.24) is 18.8 Å². The number of nitrogens with one attached hydrogen (secondary N) is 1. The van der Waals surface area contributed by atoms with Crippen LogP contribution in [0.25, 0.3) is 78.6 Å². The van der Waals surface area contributed by atoms with Gasteiger partial charge in [-0.15, -0.1) is 0 Å². The summed E-state index contributed by atoms with van der Waals surface area (Å²) in [5.41, 5.74) is -14.7. The third kappa shape index (κ3) is 4.58. The Morgan fingerprint density at radius 1 is 0.345 bits per heavy atom. The van der Waals surface area contributed by atoms with Gasteiger partial charge in [-0.2, -0.15) is 0 Å². The highest BCUT2D eigenvalue weighted by atomic mass is 19.2. The highest BCUT2D eigenvalue weighted by Crippen LogP contribution is 2.43. The maximum Gasteiger partial charge on any atom is 0.338 e. The van der Waals surface area contributed by atoms with Gasteiger partial charge in [-0.3, -0.25) is 8.80 Å². The summed E-state index contributed by atoms with van der Waals surface area (Å²) in [5, 5.41) is 0. The summed E-state index contributed by atoms with van der Waals surface area (Å²) < 4.78 is 226. The summed E-state index contributed by atoms with van der Waals surface area (Å²) in [6.07, 6.45) is 1.52. The molecule has 0 saturated carbocycles. The Bertz CT molecular complexity index is 3300. The van der Waals surface area contributed by atoms with E-state index in [1.165, 1.54) is 0 Å². The molecule has 8 aromatic rings. The zero-order chi connectivity index (χ0) is 41.5. The molecule has 0 saturated heterocycles. The molecule has 0 radical (unpaired) electrons. The second kappa shape index (κ2) is 12.3. The average Bonchev–Trinajstić information content (AvgIpc) is 4.04. The summed E-state index contributed by atoms with van der Waals surface area (Å²) in [6.45, 7) is 0. The predicted octanol–water partition coefficient (Wildman–Crippen LogP) is 10.7. The summed E-state index contributed by atoms with van der Waals surface area (Å²) in [4.78, 5) is 21.2. The minimum absolute atomic E-state index is 0.278. The van der Waals surface area contributed by atoms with Crippen molar-refractivity contribution < 1.29 is 65.9 Å². The lowest BCUT2D eigenvalue weighted by Crippen LogP contribution is -2.22. The molecular formula is C38H9F15N4O. The highest BCUT2D eigenvalue weighted by Gasteiger charge is 2.34. The summed E-state index contributed by atoms with van der Waals surface area (Å²) in [6, 6.07) is 5.56. The molecule has 0 atom stereocenters. The maximum atomic E-state index is 15.8. The minimum Gasteiger partial charge on any atom is -0.353 e. The van der Waals surface area contributed by atoms with Crippen LogP contribution in [-0.4, -0.2) is 18.8 Å². The van der Waals surface area contributed by atoms with Crippen LogP contribution in [0.2, 0.25) is 0 Å². The SMILES string of the molecule is O=c1n2c3ccc2c(-c2c(F)c(F)c(F)c(F)c2F)c2ccc(c4ccc([nH]4)c(-c4c(F)c(F)c(F)c(F)c4F)c4nc(c3-c3c(F)c(F)c(F)c(F)c3F)C=C4)n12. The van der Waals surface area contributed by atoms with Gasteiger partial charge >= 0.3 is 5.69 Å². The molecule has 9 rings (SSSR count). The van der Waals surface area contributed by atoms with Crippen LogP contribution in [0, 0.1) is 87.3 Å². The first kappa shape index (κ1) is 36.6. The van der Waals surface area contributed by atoms with E-state index in [1.807, 2.05) is 0 Å². The van der Waals surface area contributed by atoms with Crippen molar-refractivity contribution in [3.63, 3.8) is 0 Å². The number of hydrogen-bond donors (Lipinski definition) is 1. The molecule has 292 valence electrons. The molecule has 1 aliphatic rings. The smallest absolute Gasteiger partial charge is 0.338 e. The van der Waals surface area contributed by atoms with Crippen molar-refractivity contribution in [1.29, 1.82) is 0 Å². The lowest BCUT2D eigenvalue weighted by Gasteiger charge is -2.14. The van der Waals surface area contributed by atoms with Crippen molar-refractivity contribution in [2.45, 2.75) is 0 Å². The van der Waals surface area contributed by atoms with Crippen LogP contribution in [0.1, 0.15) is 11.4 Å². The summed E-state index contributed by atoms with van der Waals surface area (Å²) >= 11 is 0. The van der Waals surface area contributed by atoms with Gasteiger partial charge in [-0.25, -0.2) is 75.6 Å². The number of hydrogen-bond acceptors (Lipinski definition) is 2. The molecule has 0 aliphatic carbocycles. The number of nitrogens with zero attached hydrogens (tertiary/aromatic N) is 3. The molecule has 1 aliphatic heterocycles. The molecule has 0 spiro atoms. The van der Waals surface area contributed by atoms with Gasteiger partial charge in [0.25, 0.3) is 0 Å². The van der Waals surface area contributed by atoms with Gasteiger partial charge in [0.15, 0.2) is 69.8 Å². The standard InChI is InChI=1S/C38H9F15N4O/c39-23-20(24(40)30(46)35(51)29(23)45)17-10-2-1-9(54-10)13-5-6-15-19(22-27(43)33(49)37(53)34(50)28(22)44)16-8-7-14(57(16)38(58)56(13)15)18(12-4-3-11(17)55-12)21-25(41)31(47)36(52)32(48)26(21)42/h1-8,54H. The second-order valence-electron chi connectivity index (χ2n) is 12.6. The number of fused-ring (bicyclic) bond motifs is 5. The molecule has 0 unspecified atom stereocenters. The van der Waals surface area contributed by atoms with Crippen LogP contribution < -0.4 is 5.69 Å². The largest absolute Gasteiger partial charge is 0.353 e. The van der Waals surface area contributed by atoms with Crippen LogP contribution in [0.4, 0.5) is 65.9 Å². The van der Waals surface area contributed by atoms with E-state index in [9.17, 15) is 44.3 Å². The van der Waals surface area contributed by atoms with Crippen molar-refractivity contribution in [3.8, 4) is 33.4 Å². The Morgan fingerprint density at radius 2 is 0.655 bits per heavy atom. The van der Waals surface area contributed by atoms with Gasteiger partial charge in [-0.1, -0.05) is 0 Å². The molecule has 0 fully saturated rings. The summed E-state index contributed by atoms with van der Waals surface area (Å²) in [5.74, 6) is -37.3. The minimum atomic E-state index is -2.65. The van der Waals surface area contributed by atoms with E-state index in [2.05, 4.69) is 9.97 Å². The first-order chi connectivity index (χ1) is 27.5. The molecule has 6 bridgehead atoms. The Balaban J connectivity index is 1.62. The van der Waals surface area contributed by atoms with E-state index in [0.29, 0.717) is 8.80 Å². The molecule has 5 aromatic heterocycles. The second-order valence-corrected chi connectivity index (χ2v) is 12.6. The molecule has 58 heavy (non-hydrogen) atoms. The zero-order valence-corrected chi connectivity index (χ0v) is 27.5. The molecular weight excluding hydrogens is 813 g/mol. The Kier molecular flexibility index (Phi) is 7.74. The molecule has 3 aromatic carbocycles. The number of halogens is 15. The van der Waals surface area contributed by atoms with E-state index >= 15 is 26.3 Å². The number of benzene rings is 3. The average molecular weight is 822 g/mol. The fraction of sp³-hybridized carbons (Fsp3) is 0. The van der Waals surface area contributed by atoms with Crippen molar-refractivity contribution in [2.24, 2.45) is 0 Å². The Morgan fingerprint density at radius 3 is 1.10 bits per heavy atom. The Labute approximate surface area is 308 Å². The molecule has 5 nitrogen and oxygen atoms in total. The number of aromatic amines is 1. The van der Waals surface area contributed by atoms with Gasteiger partial charge in [0, 0.05) is 22.2 Å². The number of H-pyrrole nitrogens is 1. The highest BCUT2D eigenvalue weighted by molar-refractivity contribution is 6.01. The van der Waals surface area contributed by atoms with Gasteiger partial charge in [0.1, 0.15) is 0 Å². The van der Waals surface area contributed by atoms with Gasteiger partial charge in [-0.05, 0) is 48.6 Å². The third-order valence-electron chi connectivity index (χ3n) is 9.68. The molecule has 1 N–H and O–H groups in total. The van der Waals surface area contributed by atoms with Crippen molar-refractivity contribution in [2.75, 3.05) is 0 Å². The molecule has 6 heterocycles. The molecule has 20 heteroatoms. The zero-order valence-electron chi connectivity index (χ0n) is 27.5. The van der Waals surface area contributed by atoms with E-state index < -0.39 is 160 Å². The van der Waals surface area contributed by atoms with Crippen molar-refractivity contribution in [3.05, 3.63) is 146 Å². The lowest BCUT2D eigenvalue weighted by atomic mass is 10.0.